The second-order valence-electron chi connectivity index (χ2n) is 13.3. The van der Waals surface area contributed by atoms with Crippen molar-refractivity contribution in [2.24, 2.45) is 5.41 Å². The highest BCUT2D eigenvalue weighted by Gasteiger charge is 2.45. The average molecular weight is 635 g/mol. The van der Waals surface area contributed by atoms with Crippen molar-refractivity contribution in [3.63, 3.8) is 0 Å². The lowest BCUT2D eigenvalue weighted by molar-refractivity contribution is -0.156. The molecule has 5 heteroatoms. The van der Waals surface area contributed by atoms with Crippen LogP contribution in [0.4, 0.5) is 0 Å². The van der Waals surface area contributed by atoms with Crippen LogP contribution in [0.15, 0.2) is 97.1 Å². The van der Waals surface area contributed by atoms with Crippen LogP contribution >= 0.6 is 0 Å². The summed E-state index contributed by atoms with van der Waals surface area (Å²) in [6, 6.07) is 34.3. The van der Waals surface area contributed by atoms with Gasteiger partial charge in [-0.1, -0.05) is 100.0 Å². The molecule has 1 aliphatic carbocycles. The van der Waals surface area contributed by atoms with Crippen molar-refractivity contribution in [3.05, 3.63) is 119 Å². The molecule has 0 saturated heterocycles. The summed E-state index contributed by atoms with van der Waals surface area (Å²) in [6.07, 6.45) is 3.61. The molecular weight excluding hydrogens is 584 g/mol. The van der Waals surface area contributed by atoms with E-state index in [0.717, 1.165) is 48.3 Å². The molecule has 0 aromatic heterocycles. The molecule has 0 aliphatic heterocycles. The largest absolute Gasteiger partial charge is 0.491 e. The monoisotopic (exact) mass is 634 g/mol. The SMILES string of the molecule is CCCC(C)(C)OCCOc1ccc(C2(c3ccc(OCCOC(=O)C(C)(CC)CC)cc3)c3ccccc3-c3ccccc32)cc1. The summed E-state index contributed by atoms with van der Waals surface area (Å²) in [6.45, 7) is 14.0. The molecular formula is C42H50O5. The molecule has 0 spiro atoms. The summed E-state index contributed by atoms with van der Waals surface area (Å²) in [7, 11) is 0. The number of ether oxygens (including phenoxy) is 4. The van der Waals surface area contributed by atoms with Crippen LogP contribution in [-0.2, 0) is 19.7 Å². The number of rotatable bonds is 16. The highest BCUT2D eigenvalue weighted by atomic mass is 16.6. The predicted molar refractivity (Wildman–Crippen MR) is 189 cm³/mol. The minimum atomic E-state index is -0.516. The van der Waals surface area contributed by atoms with Crippen molar-refractivity contribution in [1.29, 1.82) is 0 Å². The first kappa shape index (κ1) is 34.3. The van der Waals surface area contributed by atoms with Gasteiger partial charge in [0.1, 0.15) is 31.3 Å². The summed E-state index contributed by atoms with van der Waals surface area (Å²) >= 11 is 0. The Hall–Kier alpha value is -4.09. The molecule has 0 N–H and O–H groups in total. The maximum absolute atomic E-state index is 12.6. The molecule has 5 rings (SSSR count). The van der Waals surface area contributed by atoms with Gasteiger partial charge in [-0.3, -0.25) is 4.79 Å². The van der Waals surface area contributed by atoms with E-state index in [1.165, 1.54) is 22.3 Å². The quantitative estimate of drug-likeness (QED) is 0.0799. The Balaban J connectivity index is 1.39. The van der Waals surface area contributed by atoms with Gasteiger partial charge < -0.3 is 18.9 Å². The molecule has 0 bridgehead atoms. The Morgan fingerprint density at radius 2 is 1.09 bits per heavy atom. The fourth-order valence-corrected chi connectivity index (χ4v) is 6.78. The Bertz CT molecular complexity index is 1570. The van der Waals surface area contributed by atoms with Gasteiger partial charge in [-0.05, 0) is 97.7 Å². The number of hydrogen-bond acceptors (Lipinski definition) is 5. The van der Waals surface area contributed by atoms with Crippen molar-refractivity contribution < 1.29 is 23.7 Å². The zero-order chi connectivity index (χ0) is 33.5. The van der Waals surface area contributed by atoms with Crippen LogP contribution < -0.4 is 9.47 Å². The third-order valence-corrected chi connectivity index (χ3v) is 9.86. The van der Waals surface area contributed by atoms with Crippen LogP contribution in [-0.4, -0.2) is 38.0 Å². The normalized spacial score (nSPS) is 13.5. The van der Waals surface area contributed by atoms with Crippen LogP contribution in [0.25, 0.3) is 11.1 Å². The molecule has 1 aliphatic rings. The molecule has 47 heavy (non-hydrogen) atoms. The molecule has 0 fully saturated rings. The summed E-state index contributed by atoms with van der Waals surface area (Å²) in [5.74, 6) is 1.40. The average Bonchev–Trinajstić information content (AvgIpc) is 3.40. The first-order valence-electron chi connectivity index (χ1n) is 17.2. The van der Waals surface area contributed by atoms with E-state index in [-0.39, 0.29) is 18.2 Å². The summed E-state index contributed by atoms with van der Waals surface area (Å²) in [5, 5.41) is 0. The minimum Gasteiger partial charge on any atom is -0.491 e. The van der Waals surface area contributed by atoms with Crippen LogP contribution in [0.3, 0.4) is 0 Å². The molecule has 248 valence electrons. The maximum Gasteiger partial charge on any atom is 0.311 e. The van der Waals surface area contributed by atoms with Crippen molar-refractivity contribution >= 4 is 5.97 Å². The third-order valence-electron chi connectivity index (χ3n) is 9.86. The topological polar surface area (TPSA) is 54.0 Å². The van der Waals surface area contributed by atoms with Crippen molar-refractivity contribution in [2.45, 2.75) is 78.2 Å². The van der Waals surface area contributed by atoms with E-state index in [1.807, 2.05) is 32.9 Å². The molecule has 0 unspecified atom stereocenters. The molecule has 0 heterocycles. The summed E-state index contributed by atoms with van der Waals surface area (Å²) in [4.78, 5) is 12.6. The van der Waals surface area contributed by atoms with Gasteiger partial charge in [0.25, 0.3) is 0 Å². The van der Waals surface area contributed by atoms with Gasteiger partial charge in [0.05, 0.1) is 23.0 Å². The molecule has 4 aromatic rings. The molecule has 4 aromatic carbocycles. The van der Waals surface area contributed by atoms with Crippen LogP contribution in [0.2, 0.25) is 0 Å². The minimum absolute atomic E-state index is 0.142. The third kappa shape index (κ3) is 7.11. The number of carbonyl (C=O) groups excluding carboxylic acids is 1. The first-order chi connectivity index (χ1) is 22.7. The Kier molecular flexibility index (Phi) is 10.8. The fourth-order valence-electron chi connectivity index (χ4n) is 6.78. The van der Waals surface area contributed by atoms with Crippen molar-refractivity contribution in [3.8, 4) is 22.6 Å². The van der Waals surface area contributed by atoms with Crippen LogP contribution in [0.5, 0.6) is 11.5 Å². The van der Waals surface area contributed by atoms with E-state index < -0.39 is 10.8 Å². The Labute approximate surface area is 281 Å². The highest BCUT2D eigenvalue weighted by Crippen LogP contribution is 2.56. The van der Waals surface area contributed by atoms with E-state index in [4.69, 9.17) is 18.9 Å². The molecule has 5 nitrogen and oxygen atoms in total. The standard InChI is InChI=1S/C42H50O5/c1-7-26-40(4,5)47-30-29-45-34-24-20-32(21-25-34)42(37-16-12-10-14-35(37)36-15-11-13-17-38(36)42)31-18-22-33(23-19-31)44-27-28-46-39(43)41(6,8-2)9-3/h10-25H,7-9,26-30H2,1-6H3. The number of carbonyl (C=O) groups is 1. The number of esters is 1. The van der Waals surface area contributed by atoms with E-state index in [1.54, 1.807) is 0 Å². The highest BCUT2D eigenvalue weighted by molar-refractivity contribution is 5.86. The van der Waals surface area contributed by atoms with Gasteiger partial charge in [-0.25, -0.2) is 0 Å². The van der Waals surface area contributed by atoms with Gasteiger partial charge in [0.15, 0.2) is 0 Å². The zero-order valence-electron chi connectivity index (χ0n) is 28.9. The van der Waals surface area contributed by atoms with Gasteiger partial charge in [-0.2, -0.15) is 0 Å². The van der Waals surface area contributed by atoms with Crippen LogP contribution in [0.1, 0.15) is 89.5 Å². The van der Waals surface area contributed by atoms with Gasteiger partial charge in [0, 0.05) is 0 Å². The van der Waals surface area contributed by atoms with Gasteiger partial charge in [-0.15, -0.1) is 0 Å². The first-order valence-corrected chi connectivity index (χ1v) is 17.2. The van der Waals surface area contributed by atoms with E-state index in [0.29, 0.717) is 19.8 Å². The Morgan fingerprint density at radius 1 is 0.617 bits per heavy atom. The molecule has 0 amide bonds. The lowest BCUT2D eigenvalue weighted by Gasteiger charge is -2.34. The second kappa shape index (κ2) is 14.8. The van der Waals surface area contributed by atoms with Gasteiger partial charge in [0.2, 0.25) is 0 Å². The van der Waals surface area contributed by atoms with E-state index in [9.17, 15) is 4.79 Å². The molecule has 0 atom stereocenters. The summed E-state index contributed by atoms with van der Waals surface area (Å²) < 4.78 is 23.8. The zero-order valence-corrected chi connectivity index (χ0v) is 28.9. The smallest absolute Gasteiger partial charge is 0.311 e. The van der Waals surface area contributed by atoms with Crippen LogP contribution in [0, 0.1) is 5.41 Å². The van der Waals surface area contributed by atoms with E-state index >= 15 is 0 Å². The fraction of sp³-hybridized carbons (Fsp3) is 0.405. The lowest BCUT2D eigenvalue weighted by atomic mass is 9.68. The van der Waals surface area contributed by atoms with Crippen molar-refractivity contribution in [1.82, 2.24) is 0 Å². The Morgan fingerprint density at radius 3 is 1.55 bits per heavy atom. The summed E-state index contributed by atoms with van der Waals surface area (Å²) in [5.41, 5.74) is 6.18. The van der Waals surface area contributed by atoms with Crippen molar-refractivity contribution in [2.75, 3.05) is 26.4 Å². The second-order valence-corrected chi connectivity index (χ2v) is 13.3. The predicted octanol–water partition coefficient (Wildman–Crippen LogP) is 9.77. The molecule has 0 saturated carbocycles. The maximum atomic E-state index is 12.6. The number of hydrogen-bond donors (Lipinski definition) is 0. The lowest BCUT2D eigenvalue weighted by Crippen LogP contribution is -2.29. The molecule has 0 radical (unpaired) electrons. The number of fused-ring (bicyclic) bond motifs is 3. The van der Waals surface area contributed by atoms with E-state index in [2.05, 4.69) is 106 Å². The number of benzene rings is 4. The van der Waals surface area contributed by atoms with Gasteiger partial charge >= 0.3 is 5.97 Å².